The van der Waals surface area contributed by atoms with Crippen LogP contribution in [0.15, 0.2) is 78.2 Å². The van der Waals surface area contributed by atoms with Crippen molar-refractivity contribution in [1.29, 1.82) is 0 Å². The number of carbonyl (C=O) groups is 2. The summed E-state index contributed by atoms with van der Waals surface area (Å²) >= 11 is 1.46. The third-order valence-electron chi connectivity index (χ3n) is 6.44. The van der Waals surface area contributed by atoms with Crippen LogP contribution >= 0.6 is 11.3 Å². The van der Waals surface area contributed by atoms with Crippen molar-refractivity contribution in [2.24, 2.45) is 0 Å². The van der Waals surface area contributed by atoms with Crippen molar-refractivity contribution >= 4 is 33.9 Å². The summed E-state index contributed by atoms with van der Waals surface area (Å²) in [6.07, 6.45) is 0. The van der Waals surface area contributed by atoms with E-state index in [9.17, 15) is 14.7 Å². The summed E-state index contributed by atoms with van der Waals surface area (Å²) in [7, 11) is 0. The van der Waals surface area contributed by atoms with Gasteiger partial charge in [-0.25, -0.2) is 0 Å². The fourth-order valence-corrected chi connectivity index (χ4v) is 5.20. The number of nitrogens with zero attached hydrogens (tertiary/aromatic N) is 2. The Bertz CT molecular complexity index is 1330. The van der Waals surface area contributed by atoms with Crippen molar-refractivity contribution < 1.29 is 14.7 Å². The Balaban J connectivity index is 1.33. The van der Waals surface area contributed by atoms with Crippen molar-refractivity contribution in [3.63, 3.8) is 0 Å². The maximum absolute atomic E-state index is 13.0. The Morgan fingerprint density at radius 3 is 2.40 bits per heavy atom. The van der Waals surface area contributed by atoms with Crippen molar-refractivity contribution in [1.82, 2.24) is 15.1 Å². The van der Waals surface area contributed by atoms with Gasteiger partial charge in [0, 0.05) is 44.8 Å². The third kappa shape index (κ3) is 5.06. The van der Waals surface area contributed by atoms with Gasteiger partial charge in [-0.2, -0.15) is 0 Å². The van der Waals surface area contributed by atoms with E-state index in [2.05, 4.69) is 10.2 Å². The van der Waals surface area contributed by atoms with Crippen molar-refractivity contribution in [2.75, 3.05) is 26.2 Å². The molecule has 4 aromatic rings. The lowest BCUT2D eigenvalue weighted by atomic mass is 9.98. The number of nitrogens with one attached hydrogen (secondary N) is 1. The molecule has 6 nitrogen and oxygen atoms in total. The van der Waals surface area contributed by atoms with Crippen LogP contribution in [0.5, 0.6) is 5.75 Å². The summed E-state index contributed by atoms with van der Waals surface area (Å²) in [5.41, 5.74) is 2.02. The minimum atomic E-state index is -0.301. The molecule has 0 saturated carbocycles. The van der Waals surface area contributed by atoms with Crippen LogP contribution in [-0.2, 0) is 13.1 Å². The normalized spacial score (nSPS) is 14.2. The molecule has 0 aliphatic carbocycles. The molecule has 2 heterocycles. The van der Waals surface area contributed by atoms with Gasteiger partial charge < -0.3 is 15.3 Å². The molecule has 1 aromatic heterocycles. The van der Waals surface area contributed by atoms with Gasteiger partial charge in [0.2, 0.25) is 0 Å². The van der Waals surface area contributed by atoms with Crippen LogP contribution in [0.2, 0.25) is 0 Å². The minimum absolute atomic E-state index is 0.0198. The molecule has 2 N–H and O–H groups in total. The van der Waals surface area contributed by atoms with Crippen LogP contribution in [0.1, 0.15) is 31.2 Å². The number of phenols is 1. The van der Waals surface area contributed by atoms with E-state index in [4.69, 9.17) is 0 Å². The van der Waals surface area contributed by atoms with Crippen molar-refractivity contribution in [3.8, 4) is 5.75 Å². The van der Waals surface area contributed by atoms with Gasteiger partial charge in [0.15, 0.2) is 0 Å². The molecular formula is C28H27N3O3S. The van der Waals surface area contributed by atoms with Crippen LogP contribution < -0.4 is 5.32 Å². The van der Waals surface area contributed by atoms with E-state index in [-0.39, 0.29) is 23.1 Å². The lowest BCUT2D eigenvalue weighted by Crippen LogP contribution is -2.48. The molecule has 0 spiro atoms. The summed E-state index contributed by atoms with van der Waals surface area (Å²) in [6, 6.07) is 23.0. The molecular weight excluding hydrogens is 458 g/mol. The lowest BCUT2D eigenvalue weighted by molar-refractivity contribution is 0.0632. The molecule has 1 aliphatic heterocycles. The maximum Gasteiger partial charge on any atom is 0.264 e. The lowest BCUT2D eigenvalue weighted by Gasteiger charge is -2.35. The molecule has 0 radical (unpaired) electrons. The predicted octanol–water partition coefficient (Wildman–Crippen LogP) is 4.49. The number of fused-ring (bicyclic) bond motifs is 1. The fraction of sp³-hybridized carbons (Fsp3) is 0.214. The van der Waals surface area contributed by atoms with Gasteiger partial charge in [-0.15, -0.1) is 11.3 Å². The number of hydrogen-bond donors (Lipinski definition) is 2. The molecule has 7 heteroatoms. The zero-order chi connectivity index (χ0) is 24.2. The van der Waals surface area contributed by atoms with Crippen LogP contribution in [-0.4, -0.2) is 52.9 Å². The second-order valence-corrected chi connectivity index (χ2v) is 9.63. The van der Waals surface area contributed by atoms with E-state index in [0.717, 1.165) is 26.8 Å². The molecule has 2 amide bonds. The smallest absolute Gasteiger partial charge is 0.264 e. The molecule has 178 valence electrons. The second-order valence-electron chi connectivity index (χ2n) is 8.69. The number of hydrogen-bond acceptors (Lipinski definition) is 5. The van der Waals surface area contributed by atoms with E-state index >= 15 is 0 Å². The monoisotopic (exact) mass is 485 g/mol. The molecule has 3 aromatic carbocycles. The highest BCUT2D eigenvalue weighted by Gasteiger charge is 2.25. The van der Waals surface area contributed by atoms with Crippen molar-refractivity contribution in [3.05, 3.63) is 99.7 Å². The Hall–Kier alpha value is -3.68. The zero-order valence-corrected chi connectivity index (χ0v) is 20.1. The number of amides is 2. The average molecular weight is 486 g/mol. The summed E-state index contributed by atoms with van der Waals surface area (Å²) in [5.74, 6) is -0.207. The summed E-state index contributed by atoms with van der Waals surface area (Å²) < 4.78 is 0. The topological polar surface area (TPSA) is 72.9 Å². The molecule has 35 heavy (non-hydrogen) atoms. The number of phenolic OH excluding ortho intramolecular Hbond substituents is 1. The standard InChI is InChI=1S/C28H27N3O3S/c32-26-23(27(33)29-18-20-7-2-1-3-8-20)17-21-9-4-5-10-22(21)24(26)19-30-12-14-31(15-13-30)28(34)25-11-6-16-35-25/h1-11,16-17,32H,12-15,18-19H2,(H,29,33). The Kier molecular flexibility index (Phi) is 6.79. The molecule has 1 saturated heterocycles. The van der Waals surface area contributed by atoms with Crippen molar-refractivity contribution in [2.45, 2.75) is 13.1 Å². The Morgan fingerprint density at radius 2 is 1.66 bits per heavy atom. The first-order valence-electron chi connectivity index (χ1n) is 11.7. The number of rotatable bonds is 6. The SMILES string of the molecule is O=C(NCc1ccccc1)c1cc2ccccc2c(CN2CCN(C(=O)c3cccs3)CC2)c1O. The quantitative estimate of drug-likeness (QED) is 0.422. The number of piperazine rings is 1. The van der Waals surface area contributed by atoms with E-state index in [1.54, 1.807) is 6.07 Å². The Labute approximate surface area is 208 Å². The Morgan fingerprint density at radius 1 is 0.914 bits per heavy atom. The minimum Gasteiger partial charge on any atom is -0.507 e. The van der Waals surface area contributed by atoms with Crippen LogP contribution in [0.25, 0.3) is 10.8 Å². The van der Waals surface area contributed by atoms with E-state index in [1.807, 2.05) is 77.0 Å². The first-order chi connectivity index (χ1) is 17.1. The summed E-state index contributed by atoms with van der Waals surface area (Å²) in [6.45, 7) is 3.57. The molecule has 1 fully saturated rings. The van der Waals surface area contributed by atoms with E-state index in [0.29, 0.717) is 39.3 Å². The number of aromatic hydroxyl groups is 1. The highest BCUT2D eigenvalue weighted by Crippen LogP contribution is 2.33. The molecule has 1 aliphatic rings. The summed E-state index contributed by atoms with van der Waals surface area (Å²) in [5, 5.41) is 17.9. The molecule has 0 bridgehead atoms. The van der Waals surface area contributed by atoms with Gasteiger partial charge in [0.1, 0.15) is 5.75 Å². The van der Waals surface area contributed by atoms with Gasteiger partial charge in [-0.1, -0.05) is 60.7 Å². The zero-order valence-electron chi connectivity index (χ0n) is 19.3. The maximum atomic E-state index is 13.0. The largest absolute Gasteiger partial charge is 0.507 e. The van der Waals surface area contributed by atoms with Gasteiger partial charge >= 0.3 is 0 Å². The highest BCUT2D eigenvalue weighted by atomic mass is 32.1. The number of thiophene rings is 1. The van der Waals surface area contributed by atoms with Gasteiger partial charge in [0.05, 0.1) is 10.4 Å². The third-order valence-corrected chi connectivity index (χ3v) is 7.30. The van der Waals surface area contributed by atoms with Gasteiger partial charge in [-0.3, -0.25) is 14.5 Å². The first-order valence-corrected chi connectivity index (χ1v) is 12.6. The van der Waals surface area contributed by atoms with Crippen LogP contribution in [0.3, 0.4) is 0 Å². The van der Waals surface area contributed by atoms with Gasteiger partial charge in [-0.05, 0) is 33.8 Å². The number of carbonyl (C=O) groups excluding carboxylic acids is 2. The van der Waals surface area contributed by atoms with E-state index in [1.165, 1.54) is 11.3 Å². The number of benzene rings is 3. The molecule has 0 atom stereocenters. The van der Waals surface area contributed by atoms with Crippen LogP contribution in [0, 0.1) is 0 Å². The van der Waals surface area contributed by atoms with Crippen LogP contribution in [0.4, 0.5) is 0 Å². The molecule has 0 unspecified atom stereocenters. The molecule has 5 rings (SSSR count). The average Bonchev–Trinajstić information content (AvgIpc) is 3.44. The second kappa shape index (κ2) is 10.3. The van der Waals surface area contributed by atoms with E-state index < -0.39 is 0 Å². The first kappa shape index (κ1) is 23.1. The highest BCUT2D eigenvalue weighted by molar-refractivity contribution is 7.12. The fourth-order valence-electron chi connectivity index (χ4n) is 4.51. The van der Waals surface area contributed by atoms with Gasteiger partial charge in [0.25, 0.3) is 11.8 Å². The summed E-state index contributed by atoms with van der Waals surface area (Å²) in [4.78, 5) is 30.6. The predicted molar refractivity (Wildman–Crippen MR) is 139 cm³/mol.